The third-order valence-electron chi connectivity index (χ3n) is 4.96. The summed E-state index contributed by atoms with van der Waals surface area (Å²) in [4.78, 5) is 26.6. The van der Waals surface area contributed by atoms with E-state index in [-0.39, 0.29) is 36.6 Å². The van der Waals surface area contributed by atoms with Gasteiger partial charge in [0.2, 0.25) is 5.91 Å². The molecule has 0 aromatic heterocycles. The molecule has 160 valence electrons. The molecular weight excluding hydrogens is 453 g/mol. The van der Waals surface area contributed by atoms with E-state index in [0.717, 1.165) is 23.1 Å². The Balaban J connectivity index is 1.50. The van der Waals surface area contributed by atoms with Gasteiger partial charge in [-0.05, 0) is 42.0 Å². The van der Waals surface area contributed by atoms with Crippen LogP contribution >= 0.6 is 15.9 Å². The summed E-state index contributed by atoms with van der Waals surface area (Å²) in [5.74, 6) is -0.685. The van der Waals surface area contributed by atoms with Crippen LogP contribution in [0.2, 0.25) is 0 Å². The number of nitrogens with zero attached hydrogens (tertiary/aromatic N) is 1. The van der Waals surface area contributed by atoms with Crippen molar-refractivity contribution >= 4 is 27.7 Å². The number of nitrogens with one attached hydrogen (secondary N) is 2. The quantitative estimate of drug-likeness (QED) is 0.613. The fourth-order valence-electron chi connectivity index (χ4n) is 3.35. The summed E-state index contributed by atoms with van der Waals surface area (Å²) in [6.45, 7) is 3.27. The van der Waals surface area contributed by atoms with Gasteiger partial charge in [-0.15, -0.1) is 0 Å². The molecule has 0 saturated carbocycles. The van der Waals surface area contributed by atoms with Gasteiger partial charge in [0.1, 0.15) is 5.82 Å². The van der Waals surface area contributed by atoms with Crippen LogP contribution < -0.4 is 10.6 Å². The van der Waals surface area contributed by atoms with Gasteiger partial charge in [0, 0.05) is 42.6 Å². The van der Waals surface area contributed by atoms with Crippen LogP contribution in [-0.2, 0) is 9.53 Å². The molecule has 30 heavy (non-hydrogen) atoms. The highest BCUT2D eigenvalue weighted by Crippen LogP contribution is 2.22. The lowest BCUT2D eigenvalue weighted by molar-refractivity contribution is -0.121. The van der Waals surface area contributed by atoms with Crippen molar-refractivity contribution in [1.82, 2.24) is 15.5 Å². The first kappa shape index (κ1) is 22.4. The lowest BCUT2D eigenvalue weighted by Gasteiger charge is -2.35. The maximum atomic E-state index is 13.7. The molecule has 0 bridgehead atoms. The zero-order chi connectivity index (χ0) is 21.3. The molecule has 1 saturated heterocycles. The average molecular weight is 478 g/mol. The Hall–Kier alpha value is -2.29. The third-order valence-corrected chi connectivity index (χ3v) is 5.49. The molecule has 2 aromatic carbocycles. The number of carbonyl (C=O) groups is 2. The van der Waals surface area contributed by atoms with Crippen LogP contribution in [0.25, 0.3) is 0 Å². The van der Waals surface area contributed by atoms with Crippen molar-refractivity contribution in [2.24, 2.45) is 0 Å². The summed E-state index contributed by atoms with van der Waals surface area (Å²) in [5, 5.41) is 5.67. The molecule has 1 fully saturated rings. The zero-order valence-electron chi connectivity index (χ0n) is 16.6. The molecule has 0 spiro atoms. The van der Waals surface area contributed by atoms with E-state index in [9.17, 15) is 14.0 Å². The molecule has 0 aliphatic carbocycles. The predicted molar refractivity (Wildman–Crippen MR) is 116 cm³/mol. The SMILES string of the molecule is O=C(CCNC(=O)c1ccc(Br)cc1)NCC(c1cccc(F)c1)N1CCOCC1. The number of benzene rings is 2. The Bertz CT molecular complexity index is 857. The van der Waals surface area contributed by atoms with Crippen molar-refractivity contribution in [1.29, 1.82) is 0 Å². The van der Waals surface area contributed by atoms with Gasteiger partial charge < -0.3 is 15.4 Å². The van der Waals surface area contributed by atoms with E-state index >= 15 is 0 Å². The predicted octanol–water partition coefficient (Wildman–Crippen LogP) is 2.90. The van der Waals surface area contributed by atoms with Crippen LogP contribution in [0.3, 0.4) is 0 Å². The highest BCUT2D eigenvalue weighted by atomic mass is 79.9. The summed E-state index contributed by atoms with van der Waals surface area (Å²) >= 11 is 3.33. The molecule has 8 heteroatoms. The minimum absolute atomic E-state index is 0.133. The maximum absolute atomic E-state index is 13.7. The van der Waals surface area contributed by atoms with Gasteiger partial charge in [-0.1, -0.05) is 28.1 Å². The van der Waals surface area contributed by atoms with Crippen molar-refractivity contribution in [3.8, 4) is 0 Å². The van der Waals surface area contributed by atoms with Crippen molar-refractivity contribution < 1.29 is 18.7 Å². The van der Waals surface area contributed by atoms with Crippen LogP contribution in [0, 0.1) is 5.82 Å². The zero-order valence-corrected chi connectivity index (χ0v) is 18.2. The van der Waals surface area contributed by atoms with Crippen LogP contribution in [0.15, 0.2) is 53.0 Å². The first-order chi connectivity index (χ1) is 14.5. The molecule has 1 atom stereocenters. The standard InChI is InChI=1S/C22H25BrFN3O3/c23-18-6-4-16(5-7-18)22(29)25-9-8-21(28)26-15-20(27-10-12-30-13-11-27)17-2-1-3-19(24)14-17/h1-7,14,20H,8-13,15H2,(H,25,29)(H,26,28). The lowest BCUT2D eigenvalue weighted by Crippen LogP contribution is -2.44. The summed E-state index contributed by atoms with van der Waals surface area (Å²) in [7, 11) is 0. The van der Waals surface area contributed by atoms with Gasteiger partial charge in [0.15, 0.2) is 0 Å². The molecule has 3 rings (SSSR count). The largest absolute Gasteiger partial charge is 0.379 e. The number of hydrogen-bond donors (Lipinski definition) is 2. The first-order valence-corrected chi connectivity index (χ1v) is 10.7. The van der Waals surface area contributed by atoms with E-state index < -0.39 is 0 Å². The lowest BCUT2D eigenvalue weighted by atomic mass is 10.0. The summed E-state index contributed by atoms with van der Waals surface area (Å²) in [5.41, 5.74) is 1.36. The average Bonchev–Trinajstić information content (AvgIpc) is 2.75. The summed E-state index contributed by atoms with van der Waals surface area (Å²) < 4.78 is 20.0. The highest BCUT2D eigenvalue weighted by Gasteiger charge is 2.23. The Morgan fingerprint density at radius 3 is 2.53 bits per heavy atom. The Morgan fingerprint density at radius 2 is 1.83 bits per heavy atom. The first-order valence-electron chi connectivity index (χ1n) is 9.90. The number of morpholine rings is 1. The monoisotopic (exact) mass is 477 g/mol. The molecule has 1 aliphatic rings. The third kappa shape index (κ3) is 6.62. The summed E-state index contributed by atoms with van der Waals surface area (Å²) in [6, 6.07) is 13.3. The van der Waals surface area contributed by atoms with Crippen molar-refractivity contribution in [2.75, 3.05) is 39.4 Å². The van der Waals surface area contributed by atoms with Crippen LogP contribution in [0.5, 0.6) is 0 Å². The normalized spacial score (nSPS) is 15.4. The Labute approximate surface area is 183 Å². The fraction of sp³-hybridized carbons (Fsp3) is 0.364. The van der Waals surface area contributed by atoms with Gasteiger partial charge in [-0.25, -0.2) is 4.39 Å². The number of halogens is 2. The second kappa shape index (κ2) is 11.2. The molecule has 1 aliphatic heterocycles. The second-order valence-electron chi connectivity index (χ2n) is 7.04. The van der Waals surface area contributed by atoms with E-state index in [1.165, 1.54) is 12.1 Å². The molecule has 1 unspecified atom stereocenters. The topological polar surface area (TPSA) is 70.7 Å². The molecule has 1 heterocycles. The number of amides is 2. The van der Waals surface area contributed by atoms with Gasteiger partial charge in [-0.3, -0.25) is 14.5 Å². The maximum Gasteiger partial charge on any atom is 0.251 e. The van der Waals surface area contributed by atoms with E-state index in [2.05, 4.69) is 31.5 Å². The number of rotatable bonds is 8. The molecule has 2 amide bonds. The van der Waals surface area contributed by atoms with Crippen molar-refractivity contribution in [2.45, 2.75) is 12.5 Å². The van der Waals surface area contributed by atoms with E-state index in [1.807, 2.05) is 6.07 Å². The van der Waals surface area contributed by atoms with Gasteiger partial charge in [0.05, 0.1) is 19.3 Å². The molecule has 2 aromatic rings. The molecule has 6 nitrogen and oxygen atoms in total. The van der Waals surface area contributed by atoms with Gasteiger partial charge in [-0.2, -0.15) is 0 Å². The molecule has 0 radical (unpaired) electrons. The molecular formula is C22H25BrFN3O3. The number of hydrogen-bond acceptors (Lipinski definition) is 4. The van der Waals surface area contributed by atoms with Crippen LogP contribution in [-0.4, -0.2) is 56.1 Å². The van der Waals surface area contributed by atoms with Crippen LogP contribution in [0.1, 0.15) is 28.4 Å². The molecule has 2 N–H and O–H groups in total. The van der Waals surface area contributed by atoms with E-state index in [0.29, 0.717) is 25.3 Å². The van der Waals surface area contributed by atoms with E-state index in [1.54, 1.807) is 30.3 Å². The fourth-order valence-corrected chi connectivity index (χ4v) is 3.62. The minimum atomic E-state index is -0.298. The number of ether oxygens (including phenoxy) is 1. The smallest absolute Gasteiger partial charge is 0.251 e. The van der Waals surface area contributed by atoms with Crippen LogP contribution in [0.4, 0.5) is 4.39 Å². The highest BCUT2D eigenvalue weighted by molar-refractivity contribution is 9.10. The van der Waals surface area contributed by atoms with Crippen molar-refractivity contribution in [3.63, 3.8) is 0 Å². The Morgan fingerprint density at radius 1 is 1.10 bits per heavy atom. The summed E-state index contributed by atoms with van der Waals surface area (Å²) in [6.07, 6.45) is 0.168. The van der Waals surface area contributed by atoms with Gasteiger partial charge >= 0.3 is 0 Å². The van der Waals surface area contributed by atoms with Gasteiger partial charge in [0.25, 0.3) is 5.91 Å². The number of carbonyl (C=O) groups excluding carboxylic acids is 2. The van der Waals surface area contributed by atoms with Crippen molar-refractivity contribution in [3.05, 3.63) is 69.9 Å². The minimum Gasteiger partial charge on any atom is -0.379 e. The second-order valence-corrected chi connectivity index (χ2v) is 7.95. The Kier molecular flexibility index (Phi) is 8.36. The van der Waals surface area contributed by atoms with E-state index in [4.69, 9.17) is 4.74 Å².